The number of nitrogens with zero attached hydrogens (tertiary/aromatic N) is 1. The number of anilines is 1. The van der Waals surface area contributed by atoms with E-state index in [0.29, 0.717) is 40.6 Å². The van der Waals surface area contributed by atoms with Crippen molar-refractivity contribution in [2.24, 2.45) is 0 Å². The lowest BCUT2D eigenvalue weighted by Crippen LogP contribution is -2.32. The van der Waals surface area contributed by atoms with Crippen molar-refractivity contribution in [1.29, 1.82) is 0 Å². The summed E-state index contributed by atoms with van der Waals surface area (Å²) in [5, 5.41) is 0.457. The number of ether oxygens (including phenoxy) is 1. The minimum Gasteiger partial charge on any atom is -0.496 e. The van der Waals surface area contributed by atoms with Gasteiger partial charge < -0.3 is 9.64 Å². The van der Waals surface area contributed by atoms with Crippen LogP contribution in [0.1, 0.15) is 21.5 Å². The van der Waals surface area contributed by atoms with Crippen LogP contribution in [0.2, 0.25) is 5.02 Å². The molecule has 0 aromatic heterocycles. The molecule has 0 bridgehead atoms. The van der Waals surface area contributed by atoms with E-state index in [9.17, 15) is 18.0 Å². The first-order valence-electron chi connectivity index (χ1n) is 7.71. The zero-order valence-electron chi connectivity index (χ0n) is 13.6. The average molecular weight is 449 g/mol. The first kappa shape index (κ1) is 19.0. The molecular weight excluding hydrogens is 435 g/mol. The zero-order valence-corrected chi connectivity index (χ0v) is 16.0. The number of halogens is 5. The summed E-state index contributed by atoms with van der Waals surface area (Å²) in [6.45, 7) is 0.327. The van der Waals surface area contributed by atoms with Crippen LogP contribution in [-0.4, -0.2) is 19.6 Å². The number of amides is 1. The van der Waals surface area contributed by atoms with E-state index in [1.165, 1.54) is 18.1 Å². The van der Waals surface area contributed by atoms with Crippen LogP contribution >= 0.6 is 27.5 Å². The standard InChI is InChI=1S/C18H14BrClF3NO2/c1-26-15-9-12(20)4-5-13(15)16(19)17(25)24-7-6-10-2-3-11(8-14(10)24)18(21,22)23/h2-5,8-9,16H,6-7H2,1H3. The lowest BCUT2D eigenvalue weighted by atomic mass is 10.1. The van der Waals surface area contributed by atoms with Crippen molar-refractivity contribution in [3.05, 3.63) is 58.1 Å². The molecule has 1 aliphatic rings. The molecule has 1 aliphatic heterocycles. The Bertz CT molecular complexity index is 857. The van der Waals surface area contributed by atoms with E-state index in [1.807, 2.05) is 0 Å². The van der Waals surface area contributed by atoms with Gasteiger partial charge in [0, 0.05) is 22.8 Å². The van der Waals surface area contributed by atoms with Gasteiger partial charge in [0.05, 0.1) is 12.7 Å². The molecule has 8 heteroatoms. The molecule has 0 radical (unpaired) electrons. The molecule has 3 nitrogen and oxygen atoms in total. The van der Waals surface area contributed by atoms with Crippen LogP contribution in [0.3, 0.4) is 0 Å². The summed E-state index contributed by atoms with van der Waals surface area (Å²) in [7, 11) is 1.46. The number of benzene rings is 2. The van der Waals surface area contributed by atoms with E-state index in [0.717, 1.165) is 12.1 Å². The normalized spacial score (nSPS) is 14.9. The van der Waals surface area contributed by atoms with Gasteiger partial charge in [-0.15, -0.1) is 0 Å². The number of carbonyl (C=O) groups excluding carboxylic acids is 1. The average Bonchev–Trinajstić information content (AvgIpc) is 3.02. The summed E-state index contributed by atoms with van der Waals surface area (Å²) in [6.07, 6.45) is -3.95. The molecule has 3 rings (SSSR count). The molecule has 26 heavy (non-hydrogen) atoms. The zero-order chi connectivity index (χ0) is 19.1. The molecule has 1 heterocycles. The van der Waals surface area contributed by atoms with Gasteiger partial charge in [0.25, 0.3) is 0 Å². The van der Waals surface area contributed by atoms with Gasteiger partial charge in [0.15, 0.2) is 0 Å². The molecule has 1 amide bonds. The fourth-order valence-corrected chi connectivity index (χ4v) is 3.74. The third-order valence-corrected chi connectivity index (χ3v) is 5.38. The third-order valence-electron chi connectivity index (χ3n) is 4.26. The Morgan fingerprint density at radius 1 is 1.27 bits per heavy atom. The van der Waals surface area contributed by atoms with Crippen molar-refractivity contribution < 1.29 is 22.7 Å². The first-order valence-corrected chi connectivity index (χ1v) is 9.00. The van der Waals surface area contributed by atoms with Crippen molar-refractivity contribution in [1.82, 2.24) is 0 Å². The Morgan fingerprint density at radius 2 is 2.00 bits per heavy atom. The number of alkyl halides is 4. The van der Waals surface area contributed by atoms with Crippen LogP contribution in [0.4, 0.5) is 18.9 Å². The van der Waals surface area contributed by atoms with E-state index in [-0.39, 0.29) is 5.91 Å². The maximum absolute atomic E-state index is 13.0. The van der Waals surface area contributed by atoms with Gasteiger partial charge in [-0.2, -0.15) is 13.2 Å². The Morgan fingerprint density at radius 3 is 2.65 bits per heavy atom. The summed E-state index contributed by atoms with van der Waals surface area (Å²) >= 11 is 9.29. The van der Waals surface area contributed by atoms with Gasteiger partial charge in [-0.05, 0) is 36.2 Å². The van der Waals surface area contributed by atoms with Crippen LogP contribution in [0, 0.1) is 0 Å². The lowest BCUT2D eigenvalue weighted by molar-refractivity contribution is -0.137. The maximum atomic E-state index is 13.0. The highest BCUT2D eigenvalue weighted by atomic mass is 79.9. The quantitative estimate of drug-likeness (QED) is 0.589. The molecule has 1 atom stereocenters. The second-order valence-electron chi connectivity index (χ2n) is 5.83. The van der Waals surface area contributed by atoms with Gasteiger partial charge >= 0.3 is 6.18 Å². The largest absolute Gasteiger partial charge is 0.496 e. The summed E-state index contributed by atoms with van der Waals surface area (Å²) in [5.74, 6) is 0.0693. The third kappa shape index (κ3) is 3.55. The highest BCUT2D eigenvalue weighted by Crippen LogP contribution is 2.40. The number of hydrogen-bond acceptors (Lipinski definition) is 2. The Kier molecular flexibility index (Phi) is 5.21. The van der Waals surface area contributed by atoms with Crippen molar-refractivity contribution in [2.45, 2.75) is 17.4 Å². The number of fused-ring (bicyclic) bond motifs is 1. The van der Waals surface area contributed by atoms with Crippen LogP contribution in [0.15, 0.2) is 36.4 Å². The number of hydrogen-bond donors (Lipinski definition) is 0. The Labute approximate surface area is 161 Å². The molecule has 0 N–H and O–H groups in total. The fourth-order valence-electron chi connectivity index (χ4n) is 2.95. The van der Waals surface area contributed by atoms with Gasteiger partial charge in [-0.25, -0.2) is 0 Å². The lowest BCUT2D eigenvalue weighted by Gasteiger charge is -2.23. The Balaban J connectivity index is 1.93. The van der Waals surface area contributed by atoms with Crippen LogP contribution < -0.4 is 9.64 Å². The number of methoxy groups -OCH3 is 1. The first-order chi connectivity index (χ1) is 12.2. The molecule has 1 unspecified atom stereocenters. The highest BCUT2D eigenvalue weighted by Gasteiger charge is 2.35. The number of rotatable bonds is 3. The highest BCUT2D eigenvalue weighted by molar-refractivity contribution is 9.09. The molecule has 0 spiro atoms. The molecule has 0 fully saturated rings. The van der Waals surface area contributed by atoms with Crippen LogP contribution in [0.25, 0.3) is 0 Å². The molecule has 2 aromatic carbocycles. The van der Waals surface area contributed by atoms with Gasteiger partial charge in [-0.1, -0.05) is 39.7 Å². The summed E-state index contributed by atoms with van der Waals surface area (Å²) in [5.41, 5.74) is 0.796. The van der Waals surface area contributed by atoms with E-state index < -0.39 is 16.6 Å². The molecule has 0 saturated carbocycles. The predicted molar refractivity (Wildman–Crippen MR) is 97.2 cm³/mol. The Hall–Kier alpha value is -1.73. The minimum atomic E-state index is -4.46. The number of carbonyl (C=O) groups is 1. The fraction of sp³-hybridized carbons (Fsp3) is 0.278. The van der Waals surface area contributed by atoms with Crippen LogP contribution in [-0.2, 0) is 17.4 Å². The summed E-state index contributed by atoms with van der Waals surface area (Å²) in [6, 6.07) is 8.36. The van der Waals surface area contributed by atoms with E-state index in [1.54, 1.807) is 18.2 Å². The van der Waals surface area contributed by atoms with E-state index >= 15 is 0 Å². The summed E-state index contributed by atoms with van der Waals surface area (Å²) in [4.78, 5) is 13.5. The van der Waals surface area contributed by atoms with Gasteiger partial charge in [-0.3, -0.25) is 4.79 Å². The van der Waals surface area contributed by atoms with Gasteiger partial charge in [0.1, 0.15) is 10.6 Å². The molecule has 0 saturated heterocycles. The summed E-state index contributed by atoms with van der Waals surface area (Å²) < 4.78 is 44.3. The second-order valence-corrected chi connectivity index (χ2v) is 7.18. The van der Waals surface area contributed by atoms with Crippen molar-refractivity contribution in [3.8, 4) is 5.75 Å². The molecule has 2 aromatic rings. The minimum absolute atomic E-state index is 0.294. The SMILES string of the molecule is COc1cc(Cl)ccc1C(Br)C(=O)N1CCc2ccc(C(F)(F)F)cc21. The van der Waals surface area contributed by atoms with Crippen molar-refractivity contribution >= 4 is 39.1 Å². The van der Waals surface area contributed by atoms with E-state index in [4.69, 9.17) is 16.3 Å². The topological polar surface area (TPSA) is 29.5 Å². The molecule has 0 aliphatic carbocycles. The maximum Gasteiger partial charge on any atom is 0.416 e. The van der Waals surface area contributed by atoms with Crippen LogP contribution in [0.5, 0.6) is 5.75 Å². The molecule has 138 valence electrons. The van der Waals surface area contributed by atoms with Crippen molar-refractivity contribution in [3.63, 3.8) is 0 Å². The van der Waals surface area contributed by atoms with E-state index in [2.05, 4.69) is 15.9 Å². The van der Waals surface area contributed by atoms with Crippen molar-refractivity contribution in [2.75, 3.05) is 18.6 Å². The monoisotopic (exact) mass is 447 g/mol. The van der Waals surface area contributed by atoms with Gasteiger partial charge in [0.2, 0.25) is 5.91 Å². The second kappa shape index (κ2) is 7.12. The molecular formula is C18H14BrClF3NO2. The smallest absolute Gasteiger partial charge is 0.416 e. The predicted octanol–water partition coefficient (Wildman–Crippen LogP) is 5.39.